The van der Waals surface area contributed by atoms with Crippen LogP contribution in [0.25, 0.3) is 0 Å². The Bertz CT molecular complexity index is 880. The Kier molecular flexibility index (Phi) is 7.09. The van der Waals surface area contributed by atoms with Crippen LogP contribution < -0.4 is 0 Å². The molecular formula is C20H14Cl2O6. The van der Waals surface area contributed by atoms with E-state index in [1.807, 2.05) is 0 Å². The predicted octanol–water partition coefficient (Wildman–Crippen LogP) is 3.70. The van der Waals surface area contributed by atoms with Crippen LogP contribution in [0.3, 0.4) is 0 Å². The van der Waals surface area contributed by atoms with Crippen LogP contribution in [0.1, 0.15) is 20.7 Å². The maximum absolute atomic E-state index is 12.9. The van der Waals surface area contributed by atoms with E-state index in [4.69, 9.17) is 23.2 Å². The monoisotopic (exact) mass is 420 g/mol. The van der Waals surface area contributed by atoms with Crippen molar-refractivity contribution < 1.29 is 28.7 Å². The summed E-state index contributed by atoms with van der Waals surface area (Å²) in [5.74, 6) is -4.07. The summed E-state index contributed by atoms with van der Waals surface area (Å²) in [5, 5.41) is 0.733. The molecule has 8 heteroatoms. The van der Waals surface area contributed by atoms with Gasteiger partial charge >= 0.3 is 11.9 Å². The summed E-state index contributed by atoms with van der Waals surface area (Å²) < 4.78 is 9.27. The molecule has 6 nitrogen and oxygen atoms in total. The van der Waals surface area contributed by atoms with Crippen molar-refractivity contribution in [1.82, 2.24) is 0 Å². The highest BCUT2D eigenvalue weighted by molar-refractivity contribution is 6.37. The van der Waals surface area contributed by atoms with Crippen molar-refractivity contribution in [3.05, 3.63) is 80.8 Å². The normalized spacial score (nSPS) is 11.3. The first kappa shape index (κ1) is 21.3. The zero-order valence-corrected chi connectivity index (χ0v) is 16.3. The van der Waals surface area contributed by atoms with Gasteiger partial charge in [-0.15, -0.1) is 0 Å². The van der Waals surface area contributed by atoms with E-state index < -0.39 is 34.7 Å². The number of benzene rings is 2. The van der Waals surface area contributed by atoms with E-state index >= 15 is 0 Å². The van der Waals surface area contributed by atoms with Crippen LogP contribution in [0.4, 0.5) is 0 Å². The first-order valence-corrected chi connectivity index (χ1v) is 8.57. The molecule has 0 bridgehead atoms. The molecule has 2 aromatic rings. The number of hydrogen-bond acceptors (Lipinski definition) is 6. The molecule has 0 spiro atoms. The van der Waals surface area contributed by atoms with Gasteiger partial charge in [0.15, 0.2) is 0 Å². The molecule has 0 aliphatic carbocycles. The standard InChI is InChI=1S/C20H14Cl2O6/c1-27-19(25)15(17(23)11-3-7-13(21)8-4-11)16(20(26)28-2)18(24)12-5-9-14(22)10-6-12/h3-10H,1-2H3/b16-15-. The maximum Gasteiger partial charge on any atom is 0.342 e. The lowest BCUT2D eigenvalue weighted by Gasteiger charge is -2.11. The third-order valence-electron chi connectivity index (χ3n) is 3.70. The average Bonchev–Trinajstić information content (AvgIpc) is 2.71. The number of hydrogen-bond donors (Lipinski definition) is 0. The third kappa shape index (κ3) is 4.65. The number of ketones is 2. The van der Waals surface area contributed by atoms with Crippen LogP contribution in [0.5, 0.6) is 0 Å². The third-order valence-corrected chi connectivity index (χ3v) is 4.20. The molecule has 0 atom stereocenters. The molecule has 144 valence electrons. The molecule has 0 radical (unpaired) electrons. The molecule has 0 saturated carbocycles. The van der Waals surface area contributed by atoms with Crippen molar-refractivity contribution in [2.75, 3.05) is 14.2 Å². The van der Waals surface area contributed by atoms with Crippen LogP contribution in [-0.2, 0) is 19.1 Å². The van der Waals surface area contributed by atoms with Crippen LogP contribution in [0.15, 0.2) is 59.7 Å². The Hall–Kier alpha value is -2.96. The largest absolute Gasteiger partial charge is 0.465 e. The quantitative estimate of drug-likeness (QED) is 0.233. The summed E-state index contributed by atoms with van der Waals surface area (Å²) in [6, 6.07) is 11.2. The summed E-state index contributed by atoms with van der Waals surface area (Å²) in [4.78, 5) is 50.5. The van der Waals surface area contributed by atoms with E-state index in [1.54, 1.807) is 0 Å². The molecule has 0 aliphatic heterocycles. The molecule has 28 heavy (non-hydrogen) atoms. The second-order valence-corrected chi connectivity index (χ2v) is 6.28. The maximum atomic E-state index is 12.9. The van der Waals surface area contributed by atoms with Gasteiger partial charge in [-0.3, -0.25) is 9.59 Å². The minimum atomic E-state index is -1.15. The van der Waals surface area contributed by atoms with Gasteiger partial charge in [0.1, 0.15) is 11.1 Å². The minimum Gasteiger partial charge on any atom is -0.465 e. The van der Waals surface area contributed by atoms with Gasteiger partial charge in [0.25, 0.3) is 0 Å². The number of esters is 2. The fourth-order valence-electron chi connectivity index (χ4n) is 2.31. The van der Waals surface area contributed by atoms with E-state index in [-0.39, 0.29) is 11.1 Å². The molecule has 2 rings (SSSR count). The van der Waals surface area contributed by atoms with Crippen LogP contribution >= 0.6 is 23.2 Å². The van der Waals surface area contributed by atoms with Crippen molar-refractivity contribution in [2.45, 2.75) is 0 Å². The molecule has 0 saturated heterocycles. The summed E-state index contributed by atoms with van der Waals surface area (Å²) >= 11 is 11.6. The van der Waals surface area contributed by atoms with Gasteiger partial charge in [-0.25, -0.2) is 9.59 Å². The SMILES string of the molecule is COC(=O)/C(C(=O)c1ccc(Cl)cc1)=C(\C(=O)OC)C(=O)c1ccc(Cl)cc1. The number of methoxy groups -OCH3 is 2. The van der Waals surface area contributed by atoms with Gasteiger partial charge in [-0.2, -0.15) is 0 Å². The number of ether oxygens (including phenoxy) is 2. The summed E-state index contributed by atoms with van der Waals surface area (Å²) in [7, 11) is 2.05. The van der Waals surface area contributed by atoms with Gasteiger partial charge in [-0.05, 0) is 48.5 Å². The fraction of sp³-hybridized carbons (Fsp3) is 0.100. The molecule has 0 N–H and O–H groups in total. The summed E-state index contributed by atoms with van der Waals surface area (Å²) in [6.07, 6.45) is 0. The summed E-state index contributed by atoms with van der Waals surface area (Å²) in [6.45, 7) is 0. The van der Waals surface area contributed by atoms with Crippen molar-refractivity contribution in [3.63, 3.8) is 0 Å². The minimum absolute atomic E-state index is 0.0371. The van der Waals surface area contributed by atoms with E-state index in [0.717, 1.165) is 14.2 Å². The van der Waals surface area contributed by atoms with Crippen molar-refractivity contribution in [3.8, 4) is 0 Å². The number of carbonyl (C=O) groups excluding carboxylic acids is 4. The Labute approximate surface area is 170 Å². The Morgan fingerprint density at radius 1 is 0.607 bits per heavy atom. The Morgan fingerprint density at radius 2 is 0.893 bits per heavy atom. The van der Waals surface area contributed by atoms with E-state index in [2.05, 4.69) is 9.47 Å². The molecular weight excluding hydrogens is 407 g/mol. The van der Waals surface area contributed by atoms with Crippen LogP contribution in [-0.4, -0.2) is 37.7 Å². The van der Waals surface area contributed by atoms with Gasteiger partial charge < -0.3 is 9.47 Å². The first-order chi connectivity index (χ1) is 13.3. The zero-order chi connectivity index (χ0) is 20.8. The number of rotatable bonds is 6. The lowest BCUT2D eigenvalue weighted by molar-refractivity contribution is -0.138. The van der Waals surface area contributed by atoms with Gasteiger partial charge in [0.2, 0.25) is 11.6 Å². The highest BCUT2D eigenvalue weighted by Crippen LogP contribution is 2.22. The van der Waals surface area contributed by atoms with Gasteiger partial charge in [-0.1, -0.05) is 23.2 Å². The van der Waals surface area contributed by atoms with Crippen LogP contribution in [0, 0.1) is 0 Å². The molecule has 2 aromatic carbocycles. The lowest BCUT2D eigenvalue weighted by atomic mass is 9.93. The van der Waals surface area contributed by atoms with E-state index in [0.29, 0.717) is 10.0 Å². The molecule has 0 aromatic heterocycles. The average molecular weight is 421 g/mol. The fourth-order valence-corrected chi connectivity index (χ4v) is 2.56. The molecule has 0 fully saturated rings. The van der Waals surface area contributed by atoms with Gasteiger partial charge in [0.05, 0.1) is 14.2 Å². The van der Waals surface area contributed by atoms with Gasteiger partial charge in [0, 0.05) is 21.2 Å². The van der Waals surface area contributed by atoms with Crippen molar-refractivity contribution in [1.29, 1.82) is 0 Å². The number of Topliss-reactive ketones (excluding diaryl/α,β-unsaturated/α-hetero) is 2. The molecule has 0 heterocycles. The van der Waals surface area contributed by atoms with E-state index in [9.17, 15) is 19.2 Å². The lowest BCUT2D eigenvalue weighted by Crippen LogP contribution is -2.26. The highest BCUT2D eigenvalue weighted by Gasteiger charge is 2.34. The van der Waals surface area contributed by atoms with E-state index in [1.165, 1.54) is 48.5 Å². The second-order valence-electron chi connectivity index (χ2n) is 5.41. The first-order valence-electron chi connectivity index (χ1n) is 7.81. The second kappa shape index (κ2) is 9.30. The highest BCUT2D eigenvalue weighted by atomic mass is 35.5. The topological polar surface area (TPSA) is 86.7 Å². The molecule has 0 unspecified atom stereocenters. The Morgan fingerprint density at radius 3 is 1.14 bits per heavy atom. The molecule has 0 amide bonds. The Balaban J connectivity index is 2.71. The summed E-state index contributed by atoms with van der Waals surface area (Å²) in [5.41, 5.74) is -1.40. The van der Waals surface area contributed by atoms with Crippen molar-refractivity contribution in [2.24, 2.45) is 0 Å². The number of carbonyl (C=O) groups is 4. The predicted molar refractivity (Wildman–Crippen MR) is 103 cm³/mol. The van der Waals surface area contributed by atoms with Crippen LogP contribution in [0.2, 0.25) is 10.0 Å². The smallest absolute Gasteiger partial charge is 0.342 e. The van der Waals surface area contributed by atoms with Crippen molar-refractivity contribution >= 4 is 46.7 Å². The zero-order valence-electron chi connectivity index (χ0n) is 14.8. The molecule has 0 aliphatic rings. The number of halogens is 2.